The Morgan fingerprint density at radius 3 is 2.29 bits per heavy atom. The summed E-state index contributed by atoms with van der Waals surface area (Å²) in [6.07, 6.45) is 2.53. The van der Waals surface area contributed by atoms with Gasteiger partial charge in [0, 0.05) is 6.42 Å². The van der Waals surface area contributed by atoms with Crippen LogP contribution in [0.5, 0.6) is 0 Å². The van der Waals surface area contributed by atoms with Gasteiger partial charge in [0.1, 0.15) is 0 Å². The van der Waals surface area contributed by atoms with E-state index < -0.39 is 0 Å². The number of rotatable bonds is 0. The molecule has 0 spiro atoms. The first-order valence-corrected chi connectivity index (χ1v) is 2.90. The van der Waals surface area contributed by atoms with Gasteiger partial charge in [-0.25, -0.2) is 0 Å². The van der Waals surface area contributed by atoms with E-state index in [-0.39, 0.29) is 0 Å². The van der Waals surface area contributed by atoms with Crippen LogP contribution in [0.3, 0.4) is 0 Å². The number of quaternary nitrogens is 1. The van der Waals surface area contributed by atoms with Crippen LogP contribution in [0.4, 0.5) is 0 Å². The minimum Gasteiger partial charge on any atom is -0.634 e. The molecule has 0 bridgehead atoms. The van der Waals surface area contributed by atoms with Gasteiger partial charge in [-0.2, -0.15) is 0 Å². The highest BCUT2D eigenvalue weighted by molar-refractivity contribution is 4.86. The third-order valence-corrected chi connectivity index (χ3v) is 2.29. The number of hydrogen-bond donors (Lipinski definition) is 1. The van der Waals surface area contributed by atoms with Gasteiger partial charge < -0.3 is 10.3 Å². The summed E-state index contributed by atoms with van der Waals surface area (Å²) in [6.45, 7) is 0.907. The largest absolute Gasteiger partial charge is 0.634 e. The number of fused-ring (bicyclic) bond motifs is 1. The van der Waals surface area contributed by atoms with Crippen LogP contribution in [0.2, 0.25) is 0 Å². The predicted molar refractivity (Wildman–Crippen MR) is 25.7 cm³/mol. The van der Waals surface area contributed by atoms with Crippen LogP contribution >= 0.6 is 0 Å². The lowest BCUT2D eigenvalue weighted by atomic mass is 9.73. The first-order chi connectivity index (χ1) is 3.38. The van der Waals surface area contributed by atoms with E-state index in [2.05, 4.69) is 0 Å². The summed E-state index contributed by atoms with van der Waals surface area (Å²) in [5.74, 6) is 0.840. The van der Waals surface area contributed by atoms with Crippen LogP contribution in [0, 0.1) is 11.1 Å². The lowest BCUT2D eigenvalue weighted by Crippen LogP contribution is -3.22. The van der Waals surface area contributed by atoms with E-state index in [9.17, 15) is 5.21 Å². The lowest BCUT2D eigenvalue weighted by molar-refractivity contribution is -0.945. The third-order valence-electron chi connectivity index (χ3n) is 2.29. The molecule has 2 heteroatoms. The molecular formula is C5H9NO. The zero-order valence-electron chi connectivity index (χ0n) is 4.18. The van der Waals surface area contributed by atoms with Crippen molar-refractivity contribution < 1.29 is 5.06 Å². The maximum atomic E-state index is 10.5. The van der Waals surface area contributed by atoms with E-state index in [1.54, 1.807) is 0 Å². The minimum absolute atomic E-state index is 0.524. The van der Waals surface area contributed by atoms with Gasteiger partial charge in [-0.1, -0.05) is 0 Å². The van der Waals surface area contributed by atoms with Gasteiger partial charge in [0.15, 0.2) is 0 Å². The summed E-state index contributed by atoms with van der Waals surface area (Å²) in [5.41, 5.74) is 0. The van der Waals surface area contributed by atoms with E-state index in [4.69, 9.17) is 0 Å². The fourth-order valence-electron chi connectivity index (χ4n) is 1.49. The molecule has 40 valence electrons. The second kappa shape index (κ2) is 1.01. The fraction of sp³-hybridized carbons (Fsp3) is 1.00. The molecule has 2 aliphatic rings. The summed E-state index contributed by atoms with van der Waals surface area (Å²) >= 11 is 0. The van der Waals surface area contributed by atoms with Crippen LogP contribution in [0.1, 0.15) is 12.8 Å². The molecule has 1 aliphatic heterocycles. The van der Waals surface area contributed by atoms with Gasteiger partial charge in [0.2, 0.25) is 0 Å². The molecule has 7 heavy (non-hydrogen) atoms. The Morgan fingerprint density at radius 2 is 2.29 bits per heavy atom. The summed E-state index contributed by atoms with van der Waals surface area (Å²) in [7, 11) is 0. The topological polar surface area (TPSA) is 27.5 Å². The Hall–Kier alpha value is -0.0800. The van der Waals surface area contributed by atoms with Crippen molar-refractivity contribution in [2.45, 2.75) is 18.9 Å². The van der Waals surface area contributed by atoms with Crippen molar-refractivity contribution in [2.75, 3.05) is 6.54 Å². The van der Waals surface area contributed by atoms with Crippen molar-refractivity contribution in [3.8, 4) is 0 Å². The number of piperidine rings is 1. The van der Waals surface area contributed by atoms with E-state index in [0.29, 0.717) is 11.1 Å². The Balaban J connectivity index is 1.99. The Kier molecular flexibility index (Phi) is 0.557. The van der Waals surface area contributed by atoms with E-state index in [0.717, 1.165) is 12.5 Å². The Bertz CT molecular complexity index is 90.1. The van der Waals surface area contributed by atoms with Gasteiger partial charge in [0.25, 0.3) is 0 Å². The summed E-state index contributed by atoms with van der Waals surface area (Å²) in [6, 6.07) is 0.542. The molecule has 1 heterocycles. The molecule has 2 nitrogen and oxygen atoms in total. The molecule has 1 saturated heterocycles. The molecular weight excluding hydrogens is 90.1 g/mol. The normalized spacial score (nSPS) is 57.0. The standard InChI is InChI=1S/C5H9NO/c7-6-3-4-1-2-5(4)6/h4-6H,1-3H2. The maximum absolute atomic E-state index is 10.5. The predicted octanol–water partition coefficient (Wildman–Crippen LogP) is -0.839. The van der Waals surface area contributed by atoms with E-state index >= 15 is 0 Å². The first kappa shape index (κ1) is 3.87. The summed E-state index contributed by atoms with van der Waals surface area (Å²) in [4.78, 5) is 0. The van der Waals surface area contributed by atoms with Gasteiger partial charge >= 0.3 is 0 Å². The molecule has 1 aliphatic carbocycles. The fourth-order valence-corrected chi connectivity index (χ4v) is 1.49. The van der Waals surface area contributed by atoms with Crippen LogP contribution in [-0.2, 0) is 0 Å². The molecule has 0 aromatic rings. The van der Waals surface area contributed by atoms with Crippen molar-refractivity contribution >= 4 is 0 Å². The summed E-state index contributed by atoms with van der Waals surface area (Å²) < 4.78 is 0. The molecule has 0 amide bonds. The molecule has 2 rings (SSSR count). The second-order valence-electron chi connectivity index (χ2n) is 2.61. The van der Waals surface area contributed by atoms with Crippen molar-refractivity contribution in [1.82, 2.24) is 0 Å². The van der Waals surface area contributed by atoms with E-state index in [1.807, 2.05) is 0 Å². The molecule has 0 aromatic heterocycles. The SMILES string of the molecule is [O-][NH+]1CC2CCC21. The Labute approximate surface area is 42.7 Å². The van der Waals surface area contributed by atoms with E-state index in [1.165, 1.54) is 12.8 Å². The van der Waals surface area contributed by atoms with Gasteiger partial charge in [0.05, 0.1) is 18.5 Å². The lowest BCUT2D eigenvalue weighted by Gasteiger charge is -2.53. The molecule has 3 unspecified atom stereocenters. The highest BCUT2D eigenvalue weighted by atomic mass is 16.5. The highest BCUT2D eigenvalue weighted by Crippen LogP contribution is 2.28. The molecule has 0 radical (unpaired) electrons. The maximum Gasteiger partial charge on any atom is 0.0955 e. The molecule has 3 atom stereocenters. The van der Waals surface area contributed by atoms with Gasteiger partial charge in [-0.3, -0.25) is 0 Å². The molecule has 2 fully saturated rings. The molecule has 1 N–H and O–H groups in total. The number of hydroxylamine groups is 2. The number of hydrogen-bond acceptors (Lipinski definition) is 1. The number of nitrogens with one attached hydrogen (secondary N) is 1. The Morgan fingerprint density at radius 1 is 1.43 bits per heavy atom. The zero-order valence-corrected chi connectivity index (χ0v) is 4.18. The first-order valence-electron chi connectivity index (χ1n) is 2.90. The van der Waals surface area contributed by atoms with Crippen molar-refractivity contribution in [2.24, 2.45) is 5.92 Å². The van der Waals surface area contributed by atoms with Crippen molar-refractivity contribution in [3.63, 3.8) is 0 Å². The smallest absolute Gasteiger partial charge is 0.0955 e. The van der Waals surface area contributed by atoms with Gasteiger partial charge in [-0.15, -0.1) is 0 Å². The van der Waals surface area contributed by atoms with Crippen LogP contribution in [-0.4, -0.2) is 12.6 Å². The van der Waals surface area contributed by atoms with Crippen LogP contribution in [0.15, 0.2) is 0 Å². The van der Waals surface area contributed by atoms with Crippen molar-refractivity contribution in [1.29, 1.82) is 0 Å². The average Bonchev–Trinajstić information content (AvgIpc) is 1.59. The highest BCUT2D eigenvalue weighted by Gasteiger charge is 2.46. The molecule has 0 aromatic carbocycles. The molecule has 1 saturated carbocycles. The average molecular weight is 99.1 g/mol. The van der Waals surface area contributed by atoms with Crippen LogP contribution in [0.25, 0.3) is 0 Å². The van der Waals surface area contributed by atoms with Gasteiger partial charge in [-0.05, 0) is 6.42 Å². The quantitative estimate of drug-likeness (QED) is 0.394. The monoisotopic (exact) mass is 99.1 g/mol. The third kappa shape index (κ3) is 0.318. The summed E-state index contributed by atoms with van der Waals surface area (Å²) in [5, 5.41) is 11.0. The second-order valence-corrected chi connectivity index (χ2v) is 2.61. The zero-order chi connectivity index (χ0) is 4.85. The minimum atomic E-state index is 0.524. The van der Waals surface area contributed by atoms with Crippen molar-refractivity contribution in [3.05, 3.63) is 5.21 Å². The van der Waals surface area contributed by atoms with Crippen LogP contribution < -0.4 is 5.06 Å².